The molecule has 0 atom stereocenters. The summed E-state index contributed by atoms with van der Waals surface area (Å²) in [5.41, 5.74) is 12.4. The molecule has 2 aromatic carbocycles. The number of amides is 1. The highest BCUT2D eigenvalue weighted by Crippen LogP contribution is 2.27. The summed E-state index contributed by atoms with van der Waals surface area (Å²) in [6, 6.07) is 10.5. The number of benzene rings is 2. The van der Waals surface area contributed by atoms with E-state index in [1.807, 2.05) is 18.6 Å². The van der Waals surface area contributed by atoms with E-state index in [1.165, 1.54) is 6.92 Å². The topological polar surface area (TPSA) is 232 Å². The van der Waals surface area contributed by atoms with Crippen LogP contribution in [-0.2, 0) is 41.6 Å². The van der Waals surface area contributed by atoms with Gasteiger partial charge in [0, 0.05) is 12.1 Å². The van der Waals surface area contributed by atoms with Gasteiger partial charge >= 0.3 is 10.2 Å². The molecule has 0 spiro atoms. The Kier molecular flexibility index (Phi) is 10.0. The standard InChI is InChI=1S/C20H23FN6O5S2.C2H6O3S/c1-20(2)25-18(22)24-19(23)27(20)14-6-3-13(4-7-14)5-12-17(28)26-34(31,32)16-10-8-15(9-11-16)33(21,29)30;1-2-6(3,4)5/h3-4,6-11H,5,12H2,1-2H3,(H,26,28)(H4,22,23,24,25);2H2,1H3,(H,3,4,5). The number of rotatable bonds is 8. The van der Waals surface area contributed by atoms with Crippen molar-refractivity contribution in [1.29, 1.82) is 0 Å². The molecule has 1 aliphatic rings. The molecule has 0 saturated carbocycles. The fraction of sp³-hybridized carbons (Fsp3) is 0.318. The Morgan fingerprint density at radius 3 is 1.93 bits per heavy atom. The van der Waals surface area contributed by atoms with Crippen LogP contribution >= 0.6 is 0 Å². The first-order valence-corrected chi connectivity index (χ1v) is 15.9. The van der Waals surface area contributed by atoms with Crippen molar-refractivity contribution in [3.05, 3.63) is 54.1 Å². The summed E-state index contributed by atoms with van der Waals surface area (Å²) in [6.07, 6.45) is 0.119. The summed E-state index contributed by atoms with van der Waals surface area (Å²) in [4.78, 5) is 21.1. The lowest BCUT2D eigenvalue weighted by Crippen LogP contribution is -2.54. The van der Waals surface area contributed by atoms with Gasteiger partial charge in [-0.25, -0.2) is 18.1 Å². The summed E-state index contributed by atoms with van der Waals surface area (Å²) >= 11 is 0. The van der Waals surface area contributed by atoms with Crippen LogP contribution < -0.4 is 21.1 Å². The van der Waals surface area contributed by atoms with Gasteiger partial charge in [0.2, 0.25) is 17.8 Å². The van der Waals surface area contributed by atoms with Gasteiger partial charge in [-0.3, -0.25) is 14.2 Å². The summed E-state index contributed by atoms with van der Waals surface area (Å²) < 4.78 is 88.1. The molecule has 2 aromatic rings. The Morgan fingerprint density at radius 2 is 1.48 bits per heavy atom. The Hall–Kier alpha value is -3.61. The first-order chi connectivity index (χ1) is 18.2. The number of aryl methyl sites for hydroxylation is 1. The Bertz CT molecular complexity index is 1620. The maximum absolute atomic E-state index is 13.0. The first kappa shape index (κ1) is 32.6. The van der Waals surface area contributed by atoms with E-state index in [1.54, 1.807) is 29.2 Å². The van der Waals surface area contributed by atoms with E-state index < -0.39 is 46.8 Å². The average molecular weight is 621 g/mol. The van der Waals surface area contributed by atoms with E-state index in [0.717, 1.165) is 29.8 Å². The molecule has 0 fully saturated rings. The quantitative estimate of drug-likeness (QED) is 0.239. The first-order valence-electron chi connectivity index (χ1n) is 11.4. The normalized spacial score (nSPS) is 15.3. The summed E-state index contributed by atoms with van der Waals surface area (Å²) in [5, 5.41) is 0. The van der Waals surface area contributed by atoms with E-state index in [0.29, 0.717) is 5.69 Å². The maximum Gasteiger partial charge on any atom is 0.332 e. The number of guanidine groups is 2. The number of halogens is 1. The van der Waals surface area contributed by atoms with Crippen LogP contribution in [0.2, 0.25) is 0 Å². The van der Waals surface area contributed by atoms with Crippen molar-refractivity contribution in [3.8, 4) is 0 Å². The zero-order valence-electron chi connectivity index (χ0n) is 21.6. The van der Waals surface area contributed by atoms with E-state index in [2.05, 4.69) is 9.98 Å². The number of hydrogen-bond acceptors (Lipinski definition) is 12. The number of carbonyl (C=O) groups excluding carboxylic acids is 1. The van der Waals surface area contributed by atoms with Crippen LogP contribution in [-0.4, -0.2) is 59.0 Å². The molecular formula is C22H29FN6O8S3. The number of nitrogens with one attached hydrogen (secondary N) is 1. The average Bonchev–Trinajstić information content (AvgIpc) is 2.81. The summed E-state index contributed by atoms with van der Waals surface area (Å²) in [7, 11) is -12.9. The third-order valence-corrected chi connectivity index (χ3v) is 8.21. The van der Waals surface area contributed by atoms with Gasteiger partial charge in [-0.05, 0) is 69.2 Å². The predicted molar refractivity (Wildman–Crippen MR) is 147 cm³/mol. The van der Waals surface area contributed by atoms with Crippen molar-refractivity contribution in [1.82, 2.24) is 4.72 Å². The lowest BCUT2D eigenvalue weighted by molar-refractivity contribution is -0.119. The summed E-state index contributed by atoms with van der Waals surface area (Å²) in [6.45, 7) is 5.02. The molecule has 1 aliphatic heterocycles. The SMILES string of the molecule is CC1(C)N=C(N)N=C(N)N1c1ccc(CCC(=O)NS(=O)(=O)c2ccc(S(=O)(=O)F)cc2)cc1.CCS(=O)(=O)O. The number of anilines is 1. The molecule has 6 N–H and O–H groups in total. The third kappa shape index (κ3) is 9.25. The number of sulfonamides is 1. The zero-order chi connectivity index (χ0) is 30.5. The second kappa shape index (κ2) is 12.3. The number of nitrogens with two attached hydrogens (primary N) is 2. The minimum absolute atomic E-state index is 0.0831. The summed E-state index contributed by atoms with van der Waals surface area (Å²) in [5.74, 6) is -0.691. The number of hydrogen-bond donors (Lipinski definition) is 4. The molecule has 0 bridgehead atoms. The second-order valence-corrected chi connectivity index (χ2v) is 13.5. The van der Waals surface area contributed by atoms with E-state index >= 15 is 0 Å². The number of carbonyl (C=O) groups is 1. The molecule has 220 valence electrons. The molecule has 0 unspecified atom stereocenters. The molecule has 1 amide bonds. The van der Waals surface area contributed by atoms with Crippen LogP contribution in [0.15, 0.2) is 68.3 Å². The lowest BCUT2D eigenvalue weighted by atomic mass is 10.1. The van der Waals surface area contributed by atoms with Gasteiger partial charge in [0.1, 0.15) is 5.66 Å². The molecule has 0 radical (unpaired) electrons. The van der Waals surface area contributed by atoms with Gasteiger partial charge in [-0.2, -0.15) is 21.8 Å². The second-order valence-electron chi connectivity index (χ2n) is 8.74. The largest absolute Gasteiger partial charge is 0.369 e. The van der Waals surface area contributed by atoms with Gasteiger partial charge in [0.05, 0.1) is 15.5 Å². The molecule has 18 heteroatoms. The van der Waals surface area contributed by atoms with Crippen molar-refractivity contribution in [2.45, 2.75) is 49.1 Å². The highest BCUT2D eigenvalue weighted by Gasteiger charge is 2.32. The molecule has 40 heavy (non-hydrogen) atoms. The van der Waals surface area contributed by atoms with Gasteiger partial charge in [0.25, 0.3) is 20.1 Å². The Balaban J connectivity index is 0.000000840. The minimum atomic E-state index is -4.96. The van der Waals surface area contributed by atoms with Crippen LogP contribution in [0.25, 0.3) is 0 Å². The predicted octanol–water partition coefficient (Wildman–Crippen LogP) is 0.862. The smallest absolute Gasteiger partial charge is 0.332 e. The molecule has 0 aliphatic carbocycles. The lowest BCUT2D eigenvalue weighted by Gasteiger charge is -2.38. The molecule has 3 rings (SSSR count). The van der Waals surface area contributed by atoms with Crippen LogP contribution in [0, 0.1) is 0 Å². The van der Waals surface area contributed by atoms with Crippen LogP contribution in [0.1, 0.15) is 32.8 Å². The van der Waals surface area contributed by atoms with Crippen LogP contribution in [0.5, 0.6) is 0 Å². The number of aliphatic imine (C=N–C) groups is 2. The fourth-order valence-electron chi connectivity index (χ4n) is 3.36. The highest BCUT2D eigenvalue weighted by molar-refractivity contribution is 7.90. The van der Waals surface area contributed by atoms with Crippen molar-refractivity contribution in [2.24, 2.45) is 21.5 Å². The zero-order valence-corrected chi connectivity index (χ0v) is 24.1. The molecule has 14 nitrogen and oxygen atoms in total. The van der Waals surface area contributed by atoms with E-state index in [9.17, 15) is 33.9 Å². The fourth-order valence-corrected chi connectivity index (χ4v) is 4.84. The Labute approximate surface area is 232 Å². The third-order valence-electron chi connectivity index (χ3n) is 5.26. The van der Waals surface area contributed by atoms with Gasteiger partial charge in [0.15, 0.2) is 0 Å². The molecule has 1 heterocycles. The van der Waals surface area contributed by atoms with E-state index in [4.69, 9.17) is 16.0 Å². The monoisotopic (exact) mass is 620 g/mol. The van der Waals surface area contributed by atoms with Crippen molar-refractivity contribution < 1.29 is 38.5 Å². The van der Waals surface area contributed by atoms with Crippen LogP contribution in [0.3, 0.4) is 0 Å². The Morgan fingerprint density at radius 1 is 0.975 bits per heavy atom. The van der Waals surface area contributed by atoms with Gasteiger partial charge < -0.3 is 11.5 Å². The van der Waals surface area contributed by atoms with Crippen molar-refractivity contribution in [3.63, 3.8) is 0 Å². The number of nitrogens with zero attached hydrogens (tertiary/aromatic N) is 3. The minimum Gasteiger partial charge on any atom is -0.369 e. The van der Waals surface area contributed by atoms with Crippen molar-refractivity contribution in [2.75, 3.05) is 10.7 Å². The van der Waals surface area contributed by atoms with Crippen LogP contribution in [0.4, 0.5) is 9.57 Å². The van der Waals surface area contributed by atoms with Gasteiger partial charge in [-0.15, -0.1) is 3.89 Å². The highest BCUT2D eigenvalue weighted by atomic mass is 32.3. The van der Waals surface area contributed by atoms with Gasteiger partial charge in [-0.1, -0.05) is 12.1 Å². The molecular weight excluding hydrogens is 591 g/mol. The molecule has 0 saturated heterocycles. The van der Waals surface area contributed by atoms with E-state index in [-0.39, 0.29) is 35.4 Å². The van der Waals surface area contributed by atoms with Crippen molar-refractivity contribution >= 4 is 53.9 Å². The molecule has 0 aromatic heterocycles. The maximum atomic E-state index is 13.0.